The van der Waals surface area contributed by atoms with Crippen molar-refractivity contribution in [3.63, 3.8) is 0 Å². The lowest BCUT2D eigenvalue weighted by atomic mass is 10.3. The summed E-state index contributed by atoms with van der Waals surface area (Å²) in [7, 11) is -0.671. The third-order valence-electron chi connectivity index (χ3n) is 2.14. The number of benzene rings is 1. The van der Waals surface area contributed by atoms with E-state index in [1.165, 1.54) is 45.3 Å². The van der Waals surface area contributed by atoms with Crippen molar-refractivity contribution in [2.45, 2.75) is 11.8 Å². The topological polar surface area (TPSA) is 63.7 Å². The first kappa shape index (κ1) is 14.4. The minimum Gasteiger partial charge on any atom is -0.423 e. The molecule has 0 saturated carbocycles. The molecule has 0 atom stereocenters. The van der Waals surface area contributed by atoms with E-state index in [4.69, 9.17) is 4.74 Å². The number of sulfonamides is 1. The maximum Gasteiger partial charge on any atom is 0.338 e. The average Bonchev–Trinajstić information content (AvgIpc) is 2.28. The van der Waals surface area contributed by atoms with Gasteiger partial charge in [-0.2, -0.15) is 0 Å². The van der Waals surface area contributed by atoms with E-state index in [0.717, 1.165) is 4.31 Å². The molecule has 0 heterocycles. The number of hydrogen-bond donors (Lipinski definition) is 0. The molecule has 0 N–H and O–H groups in total. The summed E-state index contributed by atoms with van der Waals surface area (Å²) >= 11 is 0. The highest BCUT2D eigenvalue weighted by Gasteiger charge is 2.18. The maximum atomic E-state index is 11.9. The van der Waals surface area contributed by atoms with Gasteiger partial charge in [-0.15, -0.1) is 0 Å². The van der Waals surface area contributed by atoms with E-state index < -0.39 is 16.0 Å². The van der Waals surface area contributed by atoms with Crippen molar-refractivity contribution in [3.05, 3.63) is 36.4 Å². The monoisotopic (exact) mass is 269 g/mol. The normalized spacial score (nSPS) is 11.3. The van der Waals surface area contributed by atoms with Gasteiger partial charge in [0.1, 0.15) is 5.75 Å². The molecule has 98 valence electrons. The van der Waals surface area contributed by atoms with Crippen LogP contribution in [0.4, 0.5) is 0 Å². The molecule has 0 fully saturated rings. The van der Waals surface area contributed by atoms with Crippen LogP contribution in [0.15, 0.2) is 41.3 Å². The van der Waals surface area contributed by atoms with Crippen LogP contribution in [-0.4, -0.2) is 32.8 Å². The van der Waals surface area contributed by atoms with Gasteiger partial charge in [-0.3, -0.25) is 0 Å². The third-order valence-corrected chi connectivity index (χ3v) is 3.95. The smallest absolute Gasteiger partial charge is 0.338 e. The number of hydrogen-bond acceptors (Lipinski definition) is 4. The molecule has 1 aromatic carbocycles. The van der Waals surface area contributed by atoms with E-state index >= 15 is 0 Å². The van der Waals surface area contributed by atoms with Crippen molar-refractivity contribution in [3.8, 4) is 5.75 Å². The molecule has 1 rings (SSSR count). The highest BCUT2D eigenvalue weighted by atomic mass is 32.2. The molecule has 0 spiro atoms. The lowest BCUT2D eigenvalue weighted by Gasteiger charge is -2.12. The molecule has 0 unspecified atom stereocenters. The summed E-state index contributed by atoms with van der Waals surface area (Å²) in [5, 5.41) is 0. The Labute approximate surface area is 107 Å². The van der Waals surface area contributed by atoms with Crippen LogP contribution in [0.3, 0.4) is 0 Å². The first-order valence-electron chi connectivity index (χ1n) is 5.15. The molecule has 6 heteroatoms. The summed E-state index contributed by atoms with van der Waals surface area (Å²) in [5.74, 6) is -0.416. The highest BCUT2D eigenvalue weighted by molar-refractivity contribution is 7.89. The Morgan fingerprint density at radius 2 is 1.94 bits per heavy atom. The molecular formula is C12H15NO4S. The third kappa shape index (κ3) is 3.18. The summed E-state index contributed by atoms with van der Waals surface area (Å²) < 4.78 is 29.8. The Balaban J connectivity index is 3.08. The molecule has 0 aliphatic rings. The molecular weight excluding hydrogens is 254 g/mol. The van der Waals surface area contributed by atoms with Gasteiger partial charge in [0.2, 0.25) is 10.0 Å². The summed E-state index contributed by atoms with van der Waals surface area (Å²) in [6.45, 7) is 4.97. The molecule has 1 aromatic rings. The Kier molecular flexibility index (Phi) is 4.26. The van der Waals surface area contributed by atoms with Gasteiger partial charge in [-0.05, 0) is 19.1 Å². The largest absolute Gasteiger partial charge is 0.423 e. The summed E-state index contributed by atoms with van der Waals surface area (Å²) in [4.78, 5) is 11.4. The standard InChI is InChI=1S/C12H15NO4S/c1-9(2)12(14)17-10-6-5-7-11(8-10)18(15,16)13(3)4/h5-8H,1H2,2-4H3. The molecule has 0 radical (unpaired) electrons. The number of carbonyl (C=O) groups excluding carboxylic acids is 1. The van der Waals surface area contributed by atoms with Crippen molar-refractivity contribution in [1.29, 1.82) is 0 Å². The Morgan fingerprint density at radius 3 is 2.44 bits per heavy atom. The Morgan fingerprint density at radius 1 is 1.33 bits per heavy atom. The minimum atomic E-state index is -3.54. The quantitative estimate of drug-likeness (QED) is 0.471. The molecule has 0 aromatic heterocycles. The number of carbonyl (C=O) groups is 1. The van der Waals surface area contributed by atoms with Gasteiger partial charge in [0.15, 0.2) is 0 Å². The molecule has 5 nitrogen and oxygen atoms in total. The van der Waals surface area contributed by atoms with Crippen molar-refractivity contribution >= 4 is 16.0 Å². The number of ether oxygens (including phenoxy) is 1. The zero-order valence-corrected chi connectivity index (χ0v) is 11.3. The molecule has 0 saturated heterocycles. The van der Waals surface area contributed by atoms with Crippen LogP contribution in [0.2, 0.25) is 0 Å². The van der Waals surface area contributed by atoms with Crippen molar-refractivity contribution in [1.82, 2.24) is 4.31 Å². The second-order valence-electron chi connectivity index (χ2n) is 3.93. The van der Waals surface area contributed by atoms with E-state index in [1.807, 2.05) is 0 Å². The van der Waals surface area contributed by atoms with Crippen LogP contribution in [0, 0.1) is 0 Å². The average molecular weight is 269 g/mol. The van der Waals surface area contributed by atoms with Crippen LogP contribution in [0.5, 0.6) is 5.75 Å². The van der Waals surface area contributed by atoms with E-state index in [9.17, 15) is 13.2 Å². The van der Waals surface area contributed by atoms with Gasteiger partial charge in [0.05, 0.1) is 4.90 Å². The first-order chi connectivity index (χ1) is 8.25. The van der Waals surface area contributed by atoms with Crippen LogP contribution < -0.4 is 4.74 Å². The predicted octanol–water partition coefficient (Wildman–Crippen LogP) is 1.42. The number of esters is 1. The van der Waals surface area contributed by atoms with Gasteiger partial charge in [-0.1, -0.05) is 12.6 Å². The number of rotatable bonds is 4. The lowest BCUT2D eigenvalue weighted by Crippen LogP contribution is -2.22. The second-order valence-corrected chi connectivity index (χ2v) is 6.08. The maximum absolute atomic E-state index is 11.9. The van der Waals surface area contributed by atoms with Crippen LogP contribution >= 0.6 is 0 Å². The van der Waals surface area contributed by atoms with E-state index in [0.29, 0.717) is 0 Å². The minimum absolute atomic E-state index is 0.0690. The first-order valence-corrected chi connectivity index (χ1v) is 6.59. The zero-order chi connectivity index (χ0) is 13.9. The van der Waals surface area contributed by atoms with Crippen molar-refractivity contribution in [2.75, 3.05) is 14.1 Å². The molecule has 0 amide bonds. The zero-order valence-electron chi connectivity index (χ0n) is 10.5. The lowest BCUT2D eigenvalue weighted by molar-refractivity contribution is -0.130. The summed E-state index contributed by atoms with van der Waals surface area (Å²) in [6, 6.07) is 5.76. The van der Waals surface area contributed by atoms with E-state index in [1.54, 1.807) is 0 Å². The summed E-state index contributed by atoms with van der Waals surface area (Å²) in [5.41, 5.74) is 0.246. The molecule has 0 aliphatic carbocycles. The van der Waals surface area contributed by atoms with E-state index in [-0.39, 0.29) is 16.2 Å². The highest BCUT2D eigenvalue weighted by Crippen LogP contribution is 2.20. The fourth-order valence-electron chi connectivity index (χ4n) is 1.10. The molecule has 0 bridgehead atoms. The number of nitrogens with zero attached hydrogens (tertiary/aromatic N) is 1. The van der Waals surface area contributed by atoms with Gasteiger partial charge in [-0.25, -0.2) is 17.5 Å². The Bertz CT molecular complexity index is 575. The molecule has 18 heavy (non-hydrogen) atoms. The molecule has 0 aliphatic heterocycles. The van der Waals surface area contributed by atoms with Crippen LogP contribution in [0.1, 0.15) is 6.92 Å². The van der Waals surface area contributed by atoms with Gasteiger partial charge in [0.25, 0.3) is 0 Å². The van der Waals surface area contributed by atoms with Crippen LogP contribution in [-0.2, 0) is 14.8 Å². The second kappa shape index (κ2) is 5.32. The van der Waals surface area contributed by atoms with Crippen LogP contribution in [0.25, 0.3) is 0 Å². The van der Waals surface area contributed by atoms with Gasteiger partial charge in [0, 0.05) is 25.7 Å². The SMILES string of the molecule is C=C(C)C(=O)Oc1cccc(S(=O)(=O)N(C)C)c1. The van der Waals surface area contributed by atoms with Gasteiger partial charge >= 0.3 is 5.97 Å². The van der Waals surface area contributed by atoms with E-state index in [2.05, 4.69) is 6.58 Å². The van der Waals surface area contributed by atoms with Crippen molar-refractivity contribution < 1.29 is 17.9 Å². The van der Waals surface area contributed by atoms with Gasteiger partial charge < -0.3 is 4.74 Å². The Hall–Kier alpha value is -1.66. The van der Waals surface area contributed by atoms with Crippen molar-refractivity contribution in [2.24, 2.45) is 0 Å². The fourth-order valence-corrected chi connectivity index (χ4v) is 2.04. The summed E-state index contributed by atoms with van der Waals surface area (Å²) in [6.07, 6.45) is 0. The fraction of sp³-hybridized carbons (Fsp3) is 0.250. The predicted molar refractivity (Wildman–Crippen MR) is 67.8 cm³/mol.